The fourth-order valence-electron chi connectivity index (χ4n) is 3.85. The third-order valence-electron chi connectivity index (χ3n) is 5.38. The molecule has 2 aromatic rings. The van der Waals surface area contributed by atoms with Gasteiger partial charge in [-0.15, -0.1) is 0 Å². The summed E-state index contributed by atoms with van der Waals surface area (Å²) in [6.45, 7) is 2.08. The molecule has 0 bridgehead atoms. The van der Waals surface area contributed by atoms with E-state index in [0.29, 0.717) is 6.54 Å². The third kappa shape index (κ3) is 3.13. The SMILES string of the molecule is COC(=O)C1CCN(c2nccnc2-c2ccc3c(c2)C(=O)N(C)C3)CC1. The Balaban J connectivity index is 1.62. The maximum atomic E-state index is 12.3. The Morgan fingerprint density at radius 3 is 2.67 bits per heavy atom. The Morgan fingerprint density at radius 2 is 1.93 bits per heavy atom. The normalized spacial score (nSPS) is 17.2. The number of piperidine rings is 1. The topological polar surface area (TPSA) is 75.6 Å². The standard InChI is InChI=1S/C20H22N4O3/c1-23-12-15-4-3-14(11-16(15)19(23)25)17-18(22-8-7-21-17)24-9-5-13(6-10-24)20(26)27-2/h3-4,7-8,11,13H,5-6,9-10,12H2,1-2H3. The summed E-state index contributed by atoms with van der Waals surface area (Å²) < 4.78 is 4.86. The highest BCUT2D eigenvalue weighted by atomic mass is 16.5. The Bertz CT molecular complexity index is 891. The van der Waals surface area contributed by atoms with Gasteiger partial charge in [0.1, 0.15) is 5.69 Å². The van der Waals surface area contributed by atoms with Crippen molar-refractivity contribution in [1.29, 1.82) is 0 Å². The van der Waals surface area contributed by atoms with Crippen molar-refractivity contribution in [3.63, 3.8) is 0 Å². The van der Waals surface area contributed by atoms with E-state index in [4.69, 9.17) is 4.74 Å². The first-order valence-electron chi connectivity index (χ1n) is 9.11. The fraction of sp³-hybridized carbons (Fsp3) is 0.400. The maximum Gasteiger partial charge on any atom is 0.308 e. The molecule has 0 unspecified atom stereocenters. The van der Waals surface area contributed by atoms with E-state index in [2.05, 4.69) is 14.9 Å². The minimum Gasteiger partial charge on any atom is -0.469 e. The highest BCUT2D eigenvalue weighted by Crippen LogP contribution is 2.33. The summed E-state index contributed by atoms with van der Waals surface area (Å²) >= 11 is 0. The molecule has 7 heteroatoms. The monoisotopic (exact) mass is 366 g/mol. The molecule has 2 aliphatic heterocycles. The first-order valence-corrected chi connectivity index (χ1v) is 9.11. The van der Waals surface area contributed by atoms with Crippen LogP contribution in [0.5, 0.6) is 0 Å². The Hall–Kier alpha value is -2.96. The first-order chi connectivity index (χ1) is 13.1. The van der Waals surface area contributed by atoms with Crippen molar-refractivity contribution in [3.05, 3.63) is 41.7 Å². The predicted octanol–water partition coefficient (Wildman–Crippen LogP) is 2.12. The zero-order chi connectivity index (χ0) is 19.0. The molecule has 1 amide bonds. The second-order valence-corrected chi connectivity index (χ2v) is 7.05. The fourth-order valence-corrected chi connectivity index (χ4v) is 3.85. The van der Waals surface area contributed by atoms with Crippen LogP contribution < -0.4 is 4.90 Å². The van der Waals surface area contributed by atoms with Gasteiger partial charge >= 0.3 is 5.97 Å². The lowest BCUT2D eigenvalue weighted by Gasteiger charge is -2.32. The van der Waals surface area contributed by atoms with E-state index < -0.39 is 0 Å². The number of hydrogen-bond acceptors (Lipinski definition) is 6. The van der Waals surface area contributed by atoms with Gasteiger partial charge in [-0.05, 0) is 24.5 Å². The minimum atomic E-state index is -0.143. The average molecular weight is 366 g/mol. The molecule has 1 aromatic heterocycles. The molecule has 0 spiro atoms. The van der Waals surface area contributed by atoms with Crippen molar-refractivity contribution >= 4 is 17.7 Å². The maximum absolute atomic E-state index is 12.3. The molecule has 0 atom stereocenters. The van der Waals surface area contributed by atoms with E-state index in [9.17, 15) is 9.59 Å². The molecule has 1 saturated heterocycles. The number of carbonyl (C=O) groups excluding carboxylic acids is 2. The zero-order valence-corrected chi connectivity index (χ0v) is 15.5. The second-order valence-electron chi connectivity index (χ2n) is 7.05. The Morgan fingerprint density at radius 1 is 1.19 bits per heavy atom. The lowest BCUT2D eigenvalue weighted by Crippen LogP contribution is -2.37. The zero-order valence-electron chi connectivity index (χ0n) is 15.5. The van der Waals surface area contributed by atoms with Crippen LogP contribution in [0.4, 0.5) is 5.82 Å². The van der Waals surface area contributed by atoms with E-state index >= 15 is 0 Å². The van der Waals surface area contributed by atoms with Gasteiger partial charge in [0.05, 0.1) is 13.0 Å². The van der Waals surface area contributed by atoms with Crippen LogP contribution in [0.15, 0.2) is 30.6 Å². The summed E-state index contributed by atoms with van der Waals surface area (Å²) in [5.41, 5.74) is 3.42. The summed E-state index contributed by atoms with van der Waals surface area (Å²) in [6, 6.07) is 5.91. The van der Waals surface area contributed by atoms with E-state index in [1.54, 1.807) is 24.3 Å². The number of methoxy groups -OCH3 is 1. The van der Waals surface area contributed by atoms with Crippen molar-refractivity contribution in [2.24, 2.45) is 5.92 Å². The molecule has 2 aliphatic rings. The first kappa shape index (κ1) is 17.5. The molecule has 1 aromatic carbocycles. The van der Waals surface area contributed by atoms with E-state index in [1.807, 2.05) is 18.2 Å². The number of carbonyl (C=O) groups is 2. The molecule has 3 heterocycles. The summed E-state index contributed by atoms with van der Waals surface area (Å²) in [4.78, 5) is 37.0. The van der Waals surface area contributed by atoms with Gasteiger partial charge in [-0.1, -0.05) is 12.1 Å². The van der Waals surface area contributed by atoms with Gasteiger partial charge in [-0.3, -0.25) is 14.6 Å². The van der Waals surface area contributed by atoms with Crippen LogP contribution in [0.25, 0.3) is 11.3 Å². The van der Waals surface area contributed by atoms with Crippen LogP contribution in [-0.2, 0) is 16.1 Å². The number of nitrogens with zero attached hydrogens (tertiary/aromatic N) is 4. The van der Waals surface area contributed by atoms with Gasteiger partial charge < -0.3 is 14.5 Å². The number of fused-ring (bicyclic) bond motifs is 1. The smallest absolute Gasteiger partial charge is 0.308 e. The molecule has 1 fully saturated rings. The number of hydrogen-bond donors (Lipinski definition) is 0. The lowest BCUT2D eigenvalue weighted by molar-refractivity contribution is -0.146. The number of rotatable bonds is 3. The van der Waals surface area contributed by atoms with Crippen molar-refractivity contribution in [2.45, 2.75) is 19.4 Å². The van der Waals surface area contributed by atoms with Gasteiger partial charge in [0.25, 0.3) is 5.91 Å². The number of ether oxygens (including phenoxy) is 1. The molecule has 0 radical (unpaired) electrons. The lowest BCUT2D eigenvalue weighted by atomic mass is 9.96. The number of aromatic nitrogens is 2. The number of benzene rings is 1. The van der Waals surface area contributed by atoms with Gasteiger partial charge in [0.2, 0.25) is 0 Å². The summed E-state index contributed by atoms with van der Waals surface area (Å²) in [6.07, 6.45) is 4.81. The molecule has 140 valence electrons. The van der Waals surface area contributed by atoms with E-state index in [1.165, 1.54) is 7.11 Å². The highest BCUT2D eigenvalue weighted by Gasteiger charge is 2.29. The van der Waals surface area contributed by atoms with Gasteiger partial charge in [-0.25, -0.2) is 4.98 Å². The molecule has 0 aliphatic carbocycles. The largest absolute Gasteiger partial charge is 0.469 e. The van der Waals surface area contributed by atoms with Gasteiger partial charge in [0.15, 0.2) is 5.82 Å². The predicted molar refractivity (Wildman–Crippen MR) is 100 cm³/mol. The minimum absolute atomic E-state index is 0.0381. The molecular formula is C20H22N4O3. The van der Waals surface area contributed by atoms with Crippen molar-refractivity contribution in [2.75, 3.05) is 32.1 Å². The Labute approximate surface area is 158 Å². The molecule has 0 saturated carbocycles. The van der Waals surface area contributed by atoms with Crippen LogP contribution >= 0.6 is 0 Å². The van der Waals surface area contributed by atoms with Crippen LogP contribution in [0.1, 0.15) is 28.8 Å². The molecule has 4 rings (SSSR count). The van der Waals surface area contributed by atoms with Crippen LogP contribution in [0.3, 0.4) is 0 Å². The van der Waals surface area contributed by atoms with E-state index in [-0.39, 0.29) is 17.8 Å². The number of esters is 1. The van der Waals surface area contributed by atoms with Crippen LogP contribution in [-0.4, -0.2) is 54.0 Å². The summed E-state index contributed by atoms with van der Waals surface area (Å²) in [7, 11) is 3.24. The summed E-state index contributed by atoms with van der Waals surface area (Å²) in [5, 5.41) is 0. The van der Waals surface area contributed by atoms with Crippen molar-refractivity contribution < 1.29 is 14.3 Å². The van der Waals surface area contributed by atoms with Crippen molar-refractivity contribution in [3.8, 4) is 11.3 Å². The van der Waals surface area contributed by atoms with Gasteiger partial charge in [-0.2, -0.15) is 0 Å². The Kier molecular flexibility index (Phi) is 4.51. The summed E-state index contributed by atoms with van der Waals surface area (Å²) in [5.74, 6) is 0.630. The van der Waals surface area contributed by atoms with E-state index in [0.717, 1.165) is 54.1 Å². The highest BCUT2D eigenvalue weighted by molar-refractivity contribution is 5.99. The molecule has 7 nitrogen and oxygen atoms in total. The molecule has 27 heavy (non-hydrogen) atoms. The quantitative estimate of drug-likeness (QED) is 0.775. The number of anilines is 1. The number of amides is 1. The van der Waals surface area contributed by atoms with Crippen molar-refractivity contribution in [1.82, 2.24) is 14.9 Å². The molecular weight excluding hydrogens is 344 g/mol. The van der Waals surface area contributed by atoms with Crippen LogP contribution in [0, 0.1) is 5.92 Å². The third-order valence-corrected chi connectivity index (χ3v) is 5.38. The molecule has 0 N–H and O–H groups in total. The van der Waals surface area contributed by atoms with Gasteiger partial charge in [0, 0.05) is 50.2 Å². The van der Waals surface area contributed by atoms with Crippen LogP contribution in [0.2, 0.25) is 0 Å². The second kappa shape index (κ2) is 6.98. The average Bonchev–Trinajstić information content (AvgIpc) is 3.01.